The largest absolute Gasteiger partial charge is 0.396 e. The maximum absolute atomic E-state index is 12.9. The second-order valence-corrected chi connectivity index (χ2v) is 7.09. The van der Waals surface area contributed by atoms with Crippen LogP contribution in [-0.4, -0.2) is 34.1 Å². The van der Waals surface area contributed by atoms with Gasteiger partial charge in [-0.3, -0.25) is 9.78 Å². The summed E-state index contributed by atoms with van der Waals surface area (Å²) in [7, 11) is 0. The summed E-state index contributed by atoms with van der Waals surface area (Å²) in [6, 6.07) is 9.67. The minimum atomic E-state index is -0.170. The Bertz CT molecular complexity index is 914. The van der Waals surface area contributed by atoms with E-state index in [0.29, 0.717) is 12.4 Å². The van der Waals surface area contributed by atoms with Crippen molar-refractivity contribution < 1.29 is 14.3 Å². The first-order valence-electron chi connectivity index (χ1n) is 9.04. The van der Waals surface area contributed by atoms with E-state index in [2.05, 4.69) is 15.3 Å². The van der Waals surface area contributed by atoms with Crippen LogP contribution in [-0.2, 0) is 0 Å². The highest BCUT2D eigenvalue weighted by atomic mass is 16.3. The van der Waals surface area contributed by atoms with Crippen LogP contribution in [0, 0.1) is 5.41 Å². The zero-order chi connectivity index (χ0) is 18.0. The van der Waals surface area contributed by atoms with Crippen LogP contribution in [0.25, 0.3) is 16.8 Å². The number of aromatic nitrogens is 3. The minimum absolute atomic E-state index is 0.119. The van der Waals surface area contributed by atoms with Gasteiger partial charge >= 0.3 is 11.7 Å². The number of fused-ring (bicyclic) bond motifs is 1. The van der Waals surface area contributed by atoms with Crippen molar-refractivity contribution in [1.82, 2.24) is 15.3 Å². The van der Waals surface area contributed by atoms with Crippen molar-refractivity contribution >= 4 is 11.4 Å². The zero-order valence-corrected chi connectivity index (χ0v) is 14.6. The quantitative estimate of drug-likeness (QED) is 0.616. The average Bonchev–Trinajstić information content (AvgIpc) is 3.32. The molecule has 6 nitrogen and oxygen atoms in total. The van der Waals surface area contributed by atoms with Crippen molar-refractivity contribution in [3.8, 4) is 11.3 Å². The lowest BCUT2D eigenvalue weighted by molar-refractivity contribution is -0.513. The predicted molar refractivity (Wildman–Crippen MR) is 97.5 cm³/mol. The summed E-state index contributed by atoms with van der Waals surface area (Å²) in [6.07, 6.45) is 9.50. The lowest BCUT2D eigenvalue weighted by atomic mass is 9.87. The Labute approximate surface area is 151 Å². The van der Waals surface area contributed by atoms with Gasteiger partial charge in [0.25, 0.3) is 0 Å². The van der Waals surface area contributed by atoms with Gasteiger partial charge in [0.15, 0.2) is 11.2 Å². The molecule has 3 aromatic rings. The number of amides is 1. The Morgan fingerprint density at radius 3 is 2.73 bits per heavy atom. The molecule has 26 heavy (non-hydrogen) atoms. The molecule has 0 aliphatic heterocycles. The number of hydrogen-bond donors (Lipinski definition) is 3. The van der Waals surface area contributed by atoms with Crippen molar-refractivity contribution in [2.75, 3.05) is 13.2 Å². The van der Waals surface area contributed by atoms with Crippen LogP contribution >= 0.6 is 0 Å². The van der Waals surface area contributed by atoms with Gasteiger partial charge in [-0.25, -0.2) is 4.98 Å². The van der Waals surface area contributed by atoms with Gasteiger partial charge < -0.3 is 10.4 Å². The highest BCUT2D eigenvalue weighted by Crippen LogP contribution is 2.36. The van der Waals surface area contributed by atoms with Crippen LogP contribution in [0.1, 0.15) is 36.3 Å². The molecule has 3 aromatic heterocycles. The van der Waals surface area contributed by atoms with Crippen molar-refractivity contribution in [2.45, 2.75) is 25.7 Å². The summed E-state index contributed by atoms with van der Waals surface area (Å²) in [5.74, 6) is 0.324. The van der Waals surface area contributed by atoms with E-state index in [-0.39, 0.29) is 17.9 Å². The van der Waals surface area contributed by atoms with Gasteiger partial charge in [0.1, 0.15) is 0 Å². The molecular weight excluding hydrogens is 328 g/mol. The van der Waals surface area contributed by atoms with E-state index in [4.69, 9.17) is 0 Å². The topological polar surface area (TPSA) is 82.1 Å². The van der Waals surface area contributed by atoms with Gasteiger partial charge in [0, 0.05) is 29.9 Å². The second kappa shape index (κ2) is 6.88. The number of aliphatic hydroxyl groups is 1. The fourth-order valence-electron chi connectivity index (χ4n) is 3.86. The number of aromatic amines is 1. The predicted octanol–water partition coefficient (Wildman–Crippen LogP) is 2.10. The smallest absolute Gasteiger partial charge is 0.351 e. The number of nitrogens with zero attached hydrogens (tertiary/aromatic N) is 2. The number of pyridine rings is 2. The number of nitrogens with one attached hydrogen (secondary N) is 2. The number of hydrogen-bond acceptors (Lipinski definition) is 3. The van der Waals surface area contributed by atoms with Crippen LogP contribution in [0.3, 0.4) is 0 Å². The monoisotopic (exact) mass is 351 g/mol. The number of H-pyrrole nitrogens is 1. The van der Waals surface area contributed by atoms with Crippen molar-refractivity contribution in [3.05, 3.63) is 54.7 Å². The maximum Gasteiger partial charge on any atom is 0.351 e. The molecule has 3 N–H and O–H groups in total. The van der Waals surface area contributed by atoms with E-state index < -0.39 is 0 Å². The molecule has 0 spiro atoms. The Kier molecular flexibility index (Phi) is 4.42. The first-order valence-corrected chi connectivity index (χ1v) is 9.04. The average molecular weight is 351 g/mol. The molecule has 1 saturated carbocycles. The molecular formula is C20H23N4O2+. The third kappa shape index (κ3) is 2.97. The summed E-state index contributed by atoms with van der Waals surface area (Å²) in [5, 5.41) is 12.8. The number of imidazole rings is 1. The van der Waals surface area contributed by atoms with Crippen LogP contribution in [0.4, 0.5) is 0 Å². The van der Waals surface area contributed by atoms with E-state index in [1.807, 2.05) is 40.9 Å². The molecule has 0 atom stereocenters. The molecule has 1 aliphatic rings. The molecule has 0 aromatic carbocycles. The standard InChI is InChI=1S/C20H22N4O2/c25-14-20(8-2-3-9-20)13-22-19(26)18-23-17(15-6-10-21-11-7-15)16-5-1-4-12-24(16)18/h1,4-7,10-12,25H,2-3,8-9,13-14H2,(H,22,26)/p+1. The Morgan fingerprint density at radius 2 is 2.00 bits per heavy atom. The zero-order valence-electron chi connectivity index (χ0n) is 14.6. The summed E-state index contributed by atoms with van der Waals surface area (Å²) in [6.45, 7) is 0.620. The maximum atomic E-state index is 12.9. The second-order valence-electron chi connectivity index (χ2n) is 7.09. The van der Waals surface area contributed by atoms with E-state index in [0.717, 1.165) is 42.5 Å². The molecule has 6 heteroatoms. The molecule has 4 rings (SSSR count). The highest BCUT2D eigenvalue weighted by molar-refractivity contribution is 5.91. The lowest BCUT2D eigenvalue weighted by Gasteiger charge is -2.25. The normalized spacial score (nSPS) is 16.0. The van der Waals surface area contributed by atoms with E-state index in [1.165, 1.54) is 0 Å². The molecule has 0 bridgehead atoms. The highest BCUT2D eigenvalue weighted by Gasteiger charge is 2.35. The molecule has 134 valence electrons. The van der Waals surface area contributed by atoms with Crippen LogP contribution < -0.4 is 9.72 Å². The van der Waals surface area contributed by atoms with E-state index >= 15 is 0 Å². The SMILES string of the molecule is O=C(NCC1(CO)CCCC1)c1[nH]c(-c2ccncc2)c2cccc[n+]12. The van der Waals surface area contributed by atoms with Crippen molar-refractivity contribution in [1.29, 1.82) is 0 Å². The number of carbonyl (C=O) groups excluding carboxylic acids is 1. The van der Waals surface area contributed by atoms with Crippen LogP contribution in [0.5, 0.6) is 0 Å². The Balaban J connectivity index is 1.65. The molecule has 3 heterocycles. The van der Waals surface area contributed by atoms with Crippen molar-refractivity contribution in [3.63, 3.8) is 0 Å². The van der Waals surface area contributed by atoms with Crippen LogP contribution in [0.2, 0.25) is 0 Å². The number of carbonyl (C=O) groups is 1. The molecule has 1 fully saturated rings. The minimum Gasteiger partial charge on any atom is -0.396 e. The lowest BCUT2D eigenvalue weighted by Crippen LogP contribution is -2.41. The first kappa shape index (κ1) is 16.7. The summed E-state index contributed by atoms with van der Waals surface area (Å²) >= 11 is 0. The molecule has 1 amide bonds. The fourth-order valence-corrected chi connectivity index (χ4v) is 3.86. The molecule has 0 radical (unpaired) electrons. The van der Waals surface area contributed by atoms with E-state index in [1.54, 1.807) is 12.4 Å². The van der Waals surface area contributed by atoms with Gasteiger partial charge in [0.05, 0.1) is 12.8 Å². The fraction of sp³-hybridized carbons (Fsp3) is 0.350. The Hall–Kier alpha value is -2.73. The van der Waals surface area contributed by atoms with Gasteiger partial charge in [-0.2, -0.15) is 4.40 Å². The third-order valence-corrected chi connectivity index (χ3v) is 5.41. The number of aliphatic hydroxyl groups excluding tert-OH is 1. The van der Waals surface area contributed by atoms with E-state index in [9.17, 15) is 9.90 Å². The Morgan fingerprint density at radius 1 is 1.23 bits per heavy atom. The van der Waals surface area contributed by atoms with Gasteiger partial charge in [0.2, 0.25) is 0 Å². The molecule has 0 unspecified atom stereocenters. The molecule has 1 aliphatic carbocycles. The summed E-state index contributed by atoms with van der Waals surface area (Å²) in [5.41, 5.74) is 2.62. The summed E-state index contributed by atoms with van der Waals surface area (Å²) in [4.78, 5) is 20.2. The van der Waals surface area contributed by atoms with Crippen LogP contribution in [0.15, 0.2) is 48.9 Å². The van der Waals surface area contributed by atoms with Crippen molar-refractivity contribution in [2.24, 2.45) is 5.41 Å². The van der Waals surface area contributed by atoms with Gasteiger partial charge in [-0.15, -0.1) is 0 Å². The number of rotatable bonds is 5. The third-order valence-electron chi connectivity index (χ3n) is 5.41. The van der Waals surface area contributed by atoms with Gasteiger partial charge in [-0.05, 0) is 37.1 Å². The molecule has 0 saturated heterocycles. The first-order chi connectivity index (χ1) is 12.7. The summed E-state index contributed by atoms with van der Waals surface area (Å²) < 4.78 is 1.87. The van der Waals surface area contributed by atoms with Gasteiger partial charge in [-0.1, -0.05) is 18.9 Å².